The van der Waals surface area contributed by atoms with Crippen LogP contribution in [0.2, 0.25) is 0 Å². The van der Waals surface area contributed by atoms with Gasteiger partial charge in [-0.1, -0.05) is 20.8 Å². The molecule has 4 N–H and O–H groups in total. The lowest BCUT2D eigenvalue weighted by Gasteiger charge is -2.17. The van der Waals surface area contributed by atoms with E-state index in [2.05, 4.69) is 15.2 Å². The fourth-order valence-electron chi connectivity index (χ4n) is 3.04. The van der Waals surface area contributed by atoms with Crippen LogP contribution in [0.15, 0.2) is 24.3 Å². The van der Waals surface area contributed by atoms with E-state index in [1.165, 1.54) is 0 Å². The minimum atomic E-state index is -0.453. The predicted octanol–water partition coefficient (Wildman–Crippen LogP) is 2.80. The van der Waals surface area contributed by atoms with Crippen LogP contribution >= 0.6 is 0 Å². The minimum absolute atomic E-state index is 0.0797. The highest BCUT2D eigenvalue weighted by molar-refractivity contribution is 6.02. The third kappa shape index (κ3) is 9.41. The SMILES string of the molecule is CN(CCNC(=O)OCCOCCCN)CCOc1ccc2[nH]c(C(=O)C(C)(C)C)cc2c1. The molecule has 0 radical (unpaired) electrons. The number of likely N-dealkylation sites (N-methyl/N-ethyl adjacent to an activating group) is 1. The predicted molar refractivity (Wildman–Crippen MR) is 129 cm³/mol. The molecular weight excluding hydrogens is 424 g/mol. The largest absolute Gasteiger partial charge is 0.492 e. The number of carbonyl (C=O) groups is 2. The van der Waals surface area contributed by atoms with E-state index < -0.39 is 11.5 Å². The number of nitrogens with one attached hydrogen (secondary N) is 2. The first-order valence-electron chi connectivity index (χ1n) is 11.4. The van der Waals surface area contributed by atoms with Gasteiger partial charge in [0.15, 0.2) is 5.78 Å². The van der Waals surface area contributed by atoms with E-state index in [-0.39, 0.29) is 12.4 Å². The Labute approximate surface area is 195 Å². The van der Waals surface area contributed by atoms with E-state index in [0.29, 0.717) is 51.7 Å². The van der Waals surface area contributed by atoms with Crippen LogP contribution in [0.1, 0.15) is 37.7 Å². The second-order valence-corrected chi connectivity index (χ2v) is 8.98. The highest BCUT2D eigenvalue weighted by atomic mass is 16.6. The summed E-state index contributed by atoms with van der Waals surface area (Å²) in [6.45, 7) is 9.82. The number of ketones is 1. The topological polar surface area (TPSA) is 119 Å². The van der Waals surface area contributed by atoms with Gasteiger partial charge in [-0.2, -0.15) is 0 Å². The standard InChI is InChI=1S/C24H38N4O5/c1-24(2,3)22(29)21-17-18-16-19(6-7-20(18)27-21)32-13-11-28(4)10-9-26-23(30)33-15-14-31-12-5-8-25/h6-7,16-17,27H,5,8-15,25H2,1-4H3,(H,26,30). The summed E-state index contributed by atoms with van der Waals surface area (Å²) >= 11 is 0. The number of aromatic nitrogens is 1. The molecule has 0 spiro atoms. The molecule has 9 heteroatoms. The Hall–Kier alpha value is -2.62. The van der Waals surface area contributed by atoms with E-state index in [9.17, 15) is 9.59 Å². The van der Waals surface area contributed by atoms with Crippen molar-refractivity contribution in [1.82, 2.24) is 15.2 Å². The Balaban J connectivity index is 1.65. The van der Waals surface area contributed by atoms with Gasteiger partial charge in [0.2, 0.25) is 0 Å². The fourth-order valence-corrected chi connectivity index (χ4v) is 3.04. The highest BCUT2D eigenvalue weighted by Gasteiger charge is 2.24. The van der Waals surface area contributed by atoms with Crippen molar-refractivity contribution < 1.29 is 23.8 Å². The van der Waals surface area contributed by atoms with Gasteiger partial charge in [-0.15, -0.1) is 0 Å². The average Bonchev–Trinajstić information content (AvgIpc) is 3.18. The number of fused-ring (bicyclic) bond motifs is 1. The van der Waals surface area contributed by atoms with Crippen molar-refractivity contribution in [2.75, 3.05) is 59.7 Å². The summed E-state index contributed by atoms with van der Waals surface area (Å²) in [4.78, 5) is 29.4. The number of alkyl carbamates (subject to hydrolysis) is 1. The van der Waals surface area contributed by atoms with Crippen molar-refractivity contribution in [2.45, 2.75) is 27.2 Å². The number of benzene rings is 1. The average molecular weight is 463 g/mol. The molecule has 0 saturated heterocycles. The Morgan fingerprint density at radius 1 is 1.09 bits per heavy atom. The molecule has 2 rings (SSSR count). The lowest BCUT2D eigenvalue weighted by molar-refractivity contribution is 0.0721. The van der Waals surface area contributed by atoms with Crippen LogP contribution < -0.4 is 15.8 Å². The fraction of sp³-hybridized carbons (Fsp3) is 0.583. The molecule has 0 unspecified atom stereocenters. The summed E-state index contributed by atoms with van der Waals surface area (Å²) in [5, 5.41) is 3.66. The van der Waals surface area contributed by atoms with Crippen LogP contribution in [0.3, 0.4) is 0 Å². The molecule has 0 atom stereocenters. The zero-order valence-electron chi connectivity index (χ0n) is 20.2. The molecule has 33 heavy (non-hydrogen) atoms. The summed E-state index contributed by atoms with van der Waals surface area (Å²) < 4.78 is 16.2. The first-order chi connectivity index (χ1) is 15.7. The van der Waals surface area contributed by atoms with Crippen molar-refractivity contribution in [3.05, 3.63) is 30.0 Å². The third-order valence-corrected chi connectivity index (χ3v) is 4.98. The van der Waals surface area contributed by atoms with Crippen LogP contribution in [0.25, 0.3) is 10.9 Å². The smallest absolute Gasteiger partial charge is 0.407 e. The first-order valence-corrected chi connectivity index (χ1v) is 11.4. The van der Waals surface area contributed by atoms with E-state index in [4.69, 9.17) is 19.9 Å². The molecule has 184 valence electrons. The summed E-state index contributed by atoms with van der Waals surface area (Å²) in [6, 6.07) is 7.62. The van der Waals surface area contributed by atoms with Gasteiger partial charge in [-0.3, -0.25) is 4.79 Å². The third-order valence-electron chi connectivity index (χ3n) is 4.98. The number of nitrogens with two attached hydrogens (primary N) is 1. The van der Waals surface area contributed by atoms with E-state index >= 15 is 0 Å². The van der Waals surface area contributed by atoms with Crippen molar-refractivity contribution in [2.24, 2.45) is 11.1 Å². The number of carbonyl (C=O) groups excluding carboxylic acids is 2. The molecule has 1 aromatic heterocycles. The Morgan fingerprint density at radius 2 is 1.88 bits per heavy atom. The minimum Gasteiger partial charge on any atom is -0.492 e. The molecule has 0 saturated carbocycles. The van der Waals surface area contributed by atoms with Crippen molar-refractivity contribution in [3.8, 4) is 5.75 Å². The second-order valence-electron chi connectivity index (χ2n) is 8.98. The maximum atomic E-state index is 12.5. The number of nitrogens with zero attached hydrogens (tertiary/aromatic N) is 1. The van der Waals surface area contributed by atoms with Crippen molar-refractivity contribution in [1.29, 1.82) is 0 Å². The quantitative estimate of drug-likeness (QED) is 0.292. The first kappa shape index (κ1) is 26.6. The van der Waals surface area contributed by atoms with Gasteiger partial charge in [0, 0.05) is 42.6 Å². The number of amides is 1. The number of H-pyrrole nitrogens is 1. The zero-order chi connectivity index (χ0) is 24.3. The molecule has 1 amide bonds. The lowest BCUT2D eigenvalue weighted by atomic mass is 9.89. The maximum absolute atomic E-state index is 12.5. The molecule has 9 nitrogen and oxygen atoms in total. The summed E-state index contributed by atoms with van der Waals surface area (Å²) in [5.74, 6) is 0.830. The maximum Gasteiger partial charge on any atom is 0.407 e. The van der Waals surface area contributed by atoms with Gasteiger partial charge in [-0.05, 0) is 44.3 Å². The van der Waals surface area contributed by atoms with E-state index in [1.54, 1.807) is 0 Å². The van der Waals surface area contributed by atoms with Gasteiger partial charge in [-0.25, -0.2) is 4.79 Å². The van der Waals surface area contributed by atoms with Crippen LogP contribution in [0.4, 0.5) is 4.79 Å². The zero-order valence-corrected chi connectivity index (χ0v) is 20.2. The molecule has 0 aliphatic heterocycles. The van der Waals surface area contributed by atoms with Crippen LogP contribution in [0, 0.1) is 5.41 Å². The molecule has 1 heterocycles. The van der Waals surface area contributed by atoms with Crippen molar-refractivity contribution in [3.63, 3.8) is 0 Å². The molecule has 0 bridgehead atoms. The van der Waals surface area contributed by atoms with Crippen LogP contribution in [0.5, 0.6) is 5.75 Å². The number of rotatable bonds is 14. The lowest BCUT2D eigenvalue weighted by Crippen LogP contribution is -2.35. The van der Waals surface area contributed by atoms with Gasteiger partial charge < -0.3 is 35.1 Å². The van der Waals surface area contributed by atoms with Gasteiger partial charge >= 0.3 is 6.09 Å². The van der Waals surface area contributed by atoms with Gasteiger partial charge in [0.25, 0.3) is 0 Å². The number of hydrogen-bond donors (Lipinski definition) is 3. The molecule has 0 aliphatic rings. The number of Topliss-reactive ketones (excluding diaryl/α,β-unsaturated/α-hetero) is 1. The summed E-state index contributed by atoms with van der Waals surface area (Å²) in [7, 11) is 1.96. The number of aromatic amines is 1. The Kier molecular flexibility index (Phi) is 10.6. The van der Waals surface area contributed by atoms with Gasteiger partial charge in [0.1, 0.15) is 19.0 Å². The van der Waals surface area contributed by atoms with Crippen molar-refractivity contribution >= 4 is 22.8 Å². The Bertz CT molecular complexity index is 891. The van der Waals surface area contributed by atoms with Crippen LogP contribution in [-0.4, -0.2) is 81.4 Å². The number of hydrogen-bond acceptors (Lipinski definition) is 7. The summed E-state index contributed by atoms with van der Waals surface area (Å²) in [6.07, 6.45) is 0.341. The molecular formula is C24H38N4O5. The highest BCUT2D eigenvalue weighted by Crippen LogP contribution is 2.26. The summed E-state index contributed by atoms with van der Waals surface area (Å²) in [5.41, 5.74) is 6.46. The second kappa shape index (κ2) is 13.2. The molecule has 0 aliphatic carbocycles. The van der Waals surface area contributed by atoms with Crippen LogP contribution in [-0.2, 0) is 9.47 Å². The van der Waals surface area contributed by atoms with Gasteiger partial charge in [0.05, 0.1) is 12.3 Å². The Morgan fingerprint density at radius 3 is 2.61 bits per heavy atom. The molecule has 0 fully saturated rings. The molecule has 1 aromatic carbocycles. The monoisotopic (exact) mass is 462 g/mol. The molecule has 2 aromatic rings. The normalized spacial score (nSPS) is 11.7. The number of ether oxygens (including phenoxy) is 3. The van der Waals surface area contributed by atoms with E-state index in [1.807, 2.05) is 52.1 Å². The van der Waals surface area contributed by atoms with E-state index in [0.717, 1.165) is 23.1 Å².